The molecule has 7 heteroatoms. The van der Waals surface area contributed by atoms with Crippen LogP contribution in [-0.2, 0) is 17.8 Å². The zero-order valence-electron chi connectivity index (χ0n) is 14.0. The molecule has 1 amide bonds. The molecular formula is C17H26F3N3O. The minimum Gasteiger partial charge on any atom is -0.348 e. The molecule has 0 saturated carbocycles. The fraction of sp³-hybridized carbons (Fsp3) is 0.588. The van der Waals surface area contributed by atoms with Gasteiger partial charge in [-0.1, -0.05) is 24.3 Å². The average molecular weight is 345 g/mol. The number of carbonyl (C=O) groups excluding carboxylic acids is 1. The maximum atomic E-state index is 12.0. The van der Waals surface area contributed by atoms with Crippen LogP contribution in [0.3, 0.4) is 0 Å². The standard InChI is InChI=1S/C17H26F3N3O/c1-13(21)4-5-14-6-8-15(9-7-14)12-22-10-2-3-11-23-16(24)17(18,19)20/h6-9,13,22H,2-5,10-12,21H2,1H3,(H,23,24)/t13-/m1/s1. The van der Waals surface area contributed by atoms with Crippen molar-refractivity contribution in [2.24, 2.45) is 5.73 Å². The quantitative estimate of drug-likeness (QED) is 0.571. The Morgan fingerprint density at radius 3 is 2.29 bits per heavy atom. The summed E-state index contributed by atoms with van der Waals surface area (Å²) in [5, 5.41) is 5.09. The van der Waals surface area contributed by atoms with E-state index in [0.29, 0.717) is 25.9 Å². The molecule has 1 rings (SSSR count). The maximum absolute atomic E-state index is 12.0. The number of hydrogen-bond acceptors (Lipinski definition) is 3. The second kappa shape index (κ2) is 10.3. The molecule has 24 heavy (non-hydrogen) atoms. The van der Waals surface area contributed by atoms with Crippen LogP contribution in [0.2, 0.25) is 0 Å². The highest BCUT2D eigenvalue weighted by Crippen LogP contribution is 2.13. The van der Waals surface area contributed by atoms with Crippen LogP contribution in [0.1, 0.15) is 37.3 Å². The Labute approximate surface area is 141 Å². The second-order valence-corrected chi connectivity index (χ2v) is 5.97. The van der Waals surface area contributed by atoms with Crippen molar-refractivity contribution in [1.82, 2.24) is 10.6 Å². The number of nitrogens with two attached hydrogens (primary N) is 1. The highest BCUT2D eigenvalue weighted by molar-refractivity contribution is 5.81. The number of hydrogen-bond donors (Lipinski definition) is 3. The molecule has 0 aliphatic carbocycles. The molecule has 0 aliphatic rings. The number of amides is 1. The van der Waals surface area contributed by atoms with Gasteiger partial charge in [0.05, 0.1) is 0 Å². The number of halogens is 3. The third kappa shape index (κ3) is 8.88. The molecule has 0 bridgehead atoms. The Morgan fingerprint density at radius 2 is 1.71 bits per heavy atom. The topological polar surface area (TPSA) is 67.2 Å². The van der Waals surface area contributed by atoms with E-state index in [1.165, 1.54) is 5.56 Å². The van der Waals surface area contributed by atoms with Gasteiger partial charge in [0.25, 0.3) is 0 Å². The van der Waals surface area contributed by atoms with E-state index < -0.39 is 12.1 Å². The van der Waals surface area contributed by atoms with E-state index in [1.54, 1.807) is 0 Å². The smallest absolute Gasteiger partial charge is 0.348 e. The summed E-state index contributed by atoms with van der Waals surface area (Å²) >= 11 is 0. The predicted molar refractivity (Wildman–Crippen MR) is 88.4 cm³/mol. The molecular weight excluding hydrogens is 319 g/mol. The average Bonchev–Trinajstić information content (AvgIpc) is 2.52. The lowest BCUT2D eigenvalue weighted by molar-refractivity contribution is -0.173. The van der Waals surface area contributed by atoms with Crippen LogP contribution in [0, 0.1) is 0 Å². The second-order valence-electron chi connectivity index (χ2n) is 5.97. The van der Waals surface area contributed by atoms with Crippen molar-refractivity contribution in [2.75, 3.05) is 13.1 Å². The summed E-state index contributed by atoms with van der Waals surface area (Å²) in [7, 11) is 0. The molecule has 0 fully saturated rings. The number of benzene rings is 1. The van der Waals surface area contributed by atoms with Gasteiger partial charge in [-0.05, 0) is 50.3 Å². The third-order valence-corrected chi connectivity index (χ3v) is 3.56. The van der Waals surface area contributed by atoms with E-state index in [1.807, 2.05) is 12.2 Å². The molecule has 0 aromatic heterocycles. The van der Waals surface area contributed by atoms with Crippen LogP contribution >= 0.6 is 0 Å². The lowest BCUT2D eigenvalue weighted by Gasteiger charge is -2.09. The summed E-state index contributed by atoms with van der Waals surface area (Å²) in [4.78, 5) is 10.6. The lowest BCUT2D eigenvalue weighted by atomic mass is 10.0. The van der Waals surface area contributed by atoms with Crippen LogP contribution in [-0.4, -0.2) is 31.2 Å². The normalized spacial score (nSPS) is 12.9. The molecule has 136 valence electrons. The van der Waals surface area contributed by atoms with Crippen LogP contribution in [0.4, 0.5) is 13.2 Å². The first-order valence-corrected chi connectivity index (χ1v) is 8.18. The van der Waals surface area contributed by atoms with Gasteiger partial charge < -0.3 is 16.4 Å². The van der Waals surface area contributed by atoms with Crippen molar-refractivity contribution >= 4 is 5.91 Å². The summed E-state index contributed by atoms with van der Waals surface area (Å²) < 4.78 is 35.9. The van der Waals surface area contributed by atoms with Crippen molar-refractivity contribution in [3.63, 3.8) is 0 Å². The van der Waals surface area contributed by atoms with Crippen molar-refractivity contribution in [1.29, 1.82) is 0 Å². The molecule has 4 nitrogen and oxygen atoms in total. The van der Waals surface area contributed by atoms with Crippen LogP contribution in [0.15, 0.2) is 24.3 Å². The Hall–Kier alpha value is -1.60. The van der Waals surface area contributed by atoms with Gasteiger partial charge in [-0.2, -0.15) is 13.2 Å². The van der Waals surface area contributed by atoms with Gasteiger partial charge in [-0.15, -0.1) is 0 Å². The van der Waals surface area contributed by atoms with Gasteiger partial charge in [0.15, 0.2) is 0 Å². The van der Waals surface area contributed by atoms with E-state index in [0.717, 1.165) is 18.4 Å². The van der Waals surface area contributed by atoms with E-state index in [4.69, 9.17) is 5.73 Å². The molecule has 0 spiro atoms. The van der Waals surface area contributed by atoms with Crippen LogP contribution in [0.5, 0.6) is 0 Å². The summed E-state index contributed by atoms with van der Waals surface area (Å²) in [6.07, 6.45) is -1.67. The fourth-order valence-corrected chi connectivity index (χ4v) is 2.13. The summed E-state index contributed by atoms with van der Waals surface area (Å²) in [6, 6.07) is 8.51. The van der Waals surface area contributed by atoms with Crippen molar-refractivity contribution in [3.8, 4) is 0 Å². The summed E-state index contributed by atoms with van der Waals surface area (Å²) in [5.41, 5.74) is 8.15. The molecule has 1 aromatic rings. The number of unbranched alkanes of at least 4 members (excludes halogenated alkanes) is 1. The third-order valence-electron chi connectivity index (χ3n) is 3.56. The molecule has 1 aromatic carbocycles. The molecule has 1 atom stereocenters. The van der Waals surface area contributed by atoms with Crippen molar-refractivity contribution < 1.29 is 18.0 Å². The first-order valence-electron chi connectivity index (χ1n) is 8.18. The van der Waals surface area contributed by atoms with Crippen molar-refractivity contribution in [3.05, 3.63) is 35.4 Å². The van der Waals surface area contributed by atoms with E-state index >= 15 is 0 Å². The van der Waals surface area contributed by atoms with Gasteiger partial charge in [0.1, 0.15) is 0 Å². The Bertz CT molecular complexity index is 487. The van der Waals surface area contributed by atoms with E-state index in [9.17, 15) is 18.0 Å². The highest BCUT2D eigenvalue weighted by Gasteiger charge is 2.38. The highest BCUT2D eigenvalue weighted by atomic mass is 19.4. The van der Waals surface area contributed by atoms with Gasteiger partial charge in [-0.3, -0.25) is 4.79 Å². The summed E-state index contributed by atoms with van der Waals surface area (Å²) in [5.74, 6) is -1.88. The largest absolute Gasteiger partial charge is 0.471 e. The maximum Gasteiger partial charge on any atom is 0.471 e. The van der Waals surface area contributed by atoms with Crippen molar-refractivity contribution in [2.45, 2.75) is 51.4 Å². The zero-order chi connectivity index (χ0) is 18.0. The van der Waals surface area contributed by atoms with Gasteiger partial charge in [0, 0.05) is 19.1 Å². The first kappa shape index (κ1) is 20.4. The molecule has 0 unspecified atom stereocenters. The fourth-order valence-electron chi connectivity index (χ4n) is 2.13. The number of alkyl halides is 3. The van der Waals surface area contributed by atoms with Gasteiger partial charge in [0.2, 0.25) is 0 Å². The van der Waals surface area contributed by atoms with E-state index in [2.05, 4.69) is 29.6 Å². The first-order chi connectivity index (χ1) is 11.3. The molecule has 0 saturated heterocycles. The molecule has 4 N–H and O–H groups in total. The Morgan fingerprint density at radius 1 is 1.12 bits per heavy atom. The Balaban J connectivity index is 2.10. The Kier molecular flexibility index (Phi) is 8.78. The zero-order valence-corrected chi connectivity index (χ0v) is 14.0. The van der Waals surface area contributed by atoms with Gasteiger partial charge >= 0.3 is 12.1 Å². The summed E-state index contributed by atoms with van der Waals surface area (Å²) in [6.45, 7) is 3.43. The minimum absolute atomic E-state index is 0.0360. The predicted octanol–water partition coefficient (Wildman–Crippen LogP) is 2.51. The number of aryl methyl sites for hydroxylation is 1. The molecule has 0 heterocycles. The SMILES string of the molecule is C[C@@H](N)CCc1ccc(CNCCCCNC(=O)C(F)(F)F)cc1. The minimum atomic E-state index is -4.80. The van der Waals surface area contributed by atoms with Crippen LogP contribution in [0.25, 0.3) is 0 Å². The number of carbonyl (C=O) groups is 1. The van der Waals surface area contributed by atoms with Gasteiger partial charge in [-0.25, -0.2) is 0 Å². The van der Waals surface area contributed by atoms with Crippen LogP contribution < -0.4 is 16.4 Å². The van der Waals surface area contributed by atoms with E-state index in [-0.39, 0.29) is 12.6 Å². The molecule has 0 aliphatic heterocycles. The molecule has 0 radical (unpaired) electrons. The number of rotatable bonds is 10. The lowest BCUT2D eigenvalue weighted by Crippen LogP contribution is -2.37. The monoisotopic (exact) mass is 345 g/mol. The number of nitrogens with one attached hydrogen (secondary N) is 2.